The summed E-state index contributed by atoms with van der Waals surface area (Å²) in [6.07, 6.45) is 5.08. The lowest BCUT2D eigenvalue weighted by Crippen LogP contribution is -2.36. The third kappa shape index (κ3) is 8.03. The van der Waals surface area contributed by atoms with E-state index in [1.807, 2.05) is 11.3 Å². The second-order valence-electron chi connectivity index (χ2n) is 6.85. The van der Waals surface area contributed by atoms with E-state index in [1.165, 1.54) is 37.1 Å². The minimum absolute atomic E-state index is 0.256. The third-order valence-corrected chi connectivity index (χ3v) is 4.57. The van der Waals surface area contributed by atoms with Crippen LogP contribution in [0.3, 0.4) is 0 Å². The van der Waals surface area contributed by atoms with Crippen LogP contribution in [-0.4, -0.2) is 36.6 Å². The molecule has 0 aliphatic rings. The van der Waals surface area contributed by atoms with Gasteiger partial charge >= 0.3 is 0 Å². The van der Waals surface area contributed by atoms with Gasteiger partial charge in [0.25, 0.3) is 0 Å². The second-order valence-corrected chi connectivity index (χ2v) is 7.88. The van der Waals surface area contributed by atoms with Crippen molar-refractivity contribution < 1.29 is 0 Å². The molecular formula is C17H32N2S. The van der Waals surface area contributed by atoms with Gasteiger partial charge in [-0.3, -0.25) is 0 Å². The summed E-state index contributed by atoms with van der Waals surface area (Å²) in [5.74, 6) is 0. The van der Waals surface area contributed by atoms with Crippen LogP contribution in [-0.2, 0) is 6.42 Å². The first-order valence-corrected chi connectivity index (χ1v) is 8.74. The number of nitrogens with one attached hydrogen (secondary N) is 1. The zero-order valence-electron chi connectivity index (χ0n) is 13.9. The highest BCUT2D eigenvalue weighted by atomic mass is 32.1. The molecule has 0 saturated heterocycles. The van der Waals surface area contributed by atoms with Gasteiger partial charge in [0.05, 0.1) is 0 Å². The van der Waals surface area contributed by atoms with Crippen molar-refractivity contribution >= 4 is 11.3 Å². The van der Waals surface area contributed by atoms with Gasteiger partial charge < -0.3 is 10.2 Å². The molecule has 0 aliphatic heterocycles. The smallest absolute Gasteiger partial charge is 0.0112 e. The molecule has 1 unspecified atom stereocenters. The number of nitrogens with zero attached hydrogens (tertiary/aromatic N) is 1. The van der Waals surface area contributed by atoms with E-state index in [-0.39, 0.29) is 5.54 Å². The summed E-state index contributed by atoms with van der Waals surface area (Å²) in [4.78, 5) is 4.00. The Kier molecular flexibility index (Phi) is 7.78. The highest BCUT2D eigenvalue weighted by molar-refractivity contribution is 7.09. The number of unbranched alkanes of at least 4 members (excludes halogenated alkanes) is 2. The summed E-state index contributed by atoms with van der Waals surface area (Å²) in [5.41, 5.74) is 0.256. The van der Waals surface area contributed by atoms with Crippen LogP contribution in [0, 0.1) is 0 Å². The molecule has 0 saturated carbocycles. The molecule has 0 aromatic carbocycles. The predicted molar refractivity (Wildman–Crippen MR) is 91.7 cm³/mol. The van der Waals surface area contributed by atoms with E-state index in [2.05, 4.69) is 62.5 Å². The third-order valence-electron chi connectivity index (χ3n) is 3.67. The lowest BCUT2D eigenvalue weighted by molar-refractivity contribution is 0.251. The molecule has 1 aromatic rings. The van der Waals surface area contributed by atoms with Gasteiger partial charge in [0.1, 0.15) is 0 Å². The van der Waals surface area contributed by atoms with Crippen LogP contribution in [0.4, 0.5) is 0 Å². The molecule has 0 amide bonds. The summed E-state index contributed by atoms with van der Waals surface area (Å²) < 4.78 is 0. The molecule has 116 valence electrons. The quantitative estimate of drug-likeness (QED) is 0.688. The Hall–Kier alpha value is -0.380. The number of rotatable bonds is 9. The highest BCUT2D eigenvalue weighted by Gasteiger charge is 2.10. The van der Waals surface area contributed by atoms with Gasteiger partial charge in [0.2, 0.25) is 0 Å². The van der Waals surface area contributed by atoms with Crippen molar-refractivity contribution in [3.8, 4) is 0 Å². The molecule has 0 bridgehead atoms. The molecule has 0 fully saturated rings. The van der Waals surface area contributed by atoms with Crippen molar-refractivity contribution in [2.75, 3.05) is 20.1 Å². The fourth-order valence-electron chi connectivity index (χ4n) is 2.22. The van der Waals surface area contributed by atoms with Gasteiger partial charge in [-0.25, -0.2) is 0 Å². The van der Waals surface area contributed by atoms with Gasteiger partial charge in [0, 0.05) is 16.5 Å². The first kappa shape index (κ1) is 17.7. The van der Waals surface area contributed by atoms with Crippen LogP contribution in [0.25, 0.3) is 0 Å². The van der Waals surface area contributed by atoms with Crippen molar-refractivity contribution in [2.45, 2.75) is 65.0 Å². The molecule has 0 aliphatic carbocycles. The van der Waals surface area contributed by atoms with Crippen molar-refractivity contribution in [2.24, 2.45) is 0 Å². The van der Waals surface area contributed by atoms with Crippen LogP contribution < -0.4 is 5.32 Å². The van der Waals surface area contributed by atoms with Gasteiger partial charge in [0.15, 0.2) is 0 Å². The maximum Gasteiger partial charge on any atom is 0.0112 e. The van der Waals surface area contributed by atoms with Crippen LogP contribution >= 0.6 is 11.3 Å². The summed E-state index contributed by atoms with van der Waals surface area (Å²) in [6, 6.07) is 5.03. The van der Waals surface area contributed by atoms with Crippen molar-refractivity contribution in [3.05, 3.63) is 22.4 Å². The minimum Gasteiger partial charge on any atom is -0.312 e. The predicted octanol–water partition coefficient (Wildman–Crippen LogP) is 4.17. The molecule has 3 heteroatoms. The normalized spacial score (nSPS) is 13.9. The fourth-order valence-corrected chi connectivity index (χ4v) is 3.05. The fraction of sp³-hybridized carbons (Fsp3) is 0.765. The Balaban J connectivity index is 2.06. The largest absolute Gasteiger partial charge is 0.312 e. The Morgan fingerprint density at radius 2 is 2.00 bits per heavy atom. The average molecular weight is 297 g/mol. The topological polar surface area (TPSA) is 15.3 Å². The van der Waals surface area contributed by atoms with Gasteiger partial charge in [-0.2, -0.15) is 0 Å². The summed E-state index contributed by atoms with van der Waals surface area (Å²) in [7, 11) is 2.26. The van der Waals surface area contributed by atoms with Crippen LogP contribution in [0.1, 0.15) is 51.8 Å². The molecule has 1 N–H and O–H groups in total. The first-order valence-electron chi connectivity index (χ1n) is 7.86. The van der Waals surface area contributed by atoms with E-state index in [0.717, 1.165) is 6.54 Å². The molecule has 1 atom stereocenters. The van der Waals surface area contributed by atoms with Crippen LogP contribution in [0.2, 0.25) is 0 Å². The van der Waals surface area contributed by atoms with E-state index in [4.69, 9.17) is 0 Å². The number of hydrogen-bond donors (Lipinski definition) is 1. The van der Waals surface area contributed by atoms with E-state index < -0.39 is 0 Å². The standard InChI is InChI=1S/C17H32N2S/c1-15(14-16-10-9-13-20-16)19(5)12-8-6-7-11-18-17(2,3)4/h9-10,13,15,18H,6-8,11-12,14H2,1-5H3. The van der Waals surface area contributed by atoms with E-state index in [1.54, 1.807) is 0 Å². The maximum atomic E-state index is 3.55. The molecule has 1 rings (SSSR count). The molecular weight excluding hydrogens is 264 g/mol. The summed E-state index contributed by atoms with van der Waals surface area (Å²) in [5, 5.41) is 5.72. The van der Waals surface area contributed by atoms with E-state index in [0.29, 0.717) is 6.04 Å². The SMILES string of the molecule is CC(Cc1cccs1)N(C)CCCCCNC(C)(C)C. The molecule has 0 radical (unpaired) electrons. The van der Waals surface area contributed by atoms with Crippen LogP contribution in [0.5, 0.6) is 0 Å². The average Bonchev–Trinajstić information content (AvgIpc) is 2.84. The molecule has 1 aromatic heterocycles. The Bertz CT molecular complexity index is 340. The van der Waals surface area contributed by atoms with Crippen molar-refractivity contribution in [3.63, 3.8) is 0 Å². The zero-order chi connectivity index (χ0) is 15.0. The molecule has 1 heterocycles. The lowest BCUT2D eigenvalue weighted by Gasteiger charge is -2.24. The van der Waals surface area contributed by atoms with E-state index >= 15 is 0 Å². The zero-order valence-corrected chi connectivity index (χ0v) is 14.7. The summed E-state index contributed by atoms with van der Waals surface area (Å²) in [6.45, 7) is 11.4. The summed E-state index contributed by atoms with van der Waals surface area (Å²) >= 11 is 1.87. The Morgan fingerprint density at radius 1 is 1.25 bits per heavy atom. The number of hydrogen-bond acceptors (Lipinski definition) is 3. The maximum absolute atomic E-state index is 3.55. The first-order chi connectivity index (χ1) is 9.38. The van der Waals surface area contributed by atoms with Gasteiger partial charge in [-0.1, -0.05) is 12.5 Å². The van der Waals surface area contributed by atoms with Crippen molar-refractivity contribution in [1.29, 1.82) is 0 Å². The number of thiophene rings is 1. The lowest BCUT2D eigenvalue weighted by atomic mass is 10.1. The molecule has 2 nitrogen and oxygen atoms in total. The highest BCUT2D eigenvalue weighted by Crippen LogP contribution is 2.14. The van der Waals surface area contributed by atoms with Gasteiger partial charge in [-0.05, 0) is 78.5 Å². The van der Waals surface area contributed by atoms with Gasteiger partial charge in [-0.15, -0.1) is 11.3 Å². The Labute approximate surface area is 129 Å². The second kappa shape index (κ2) is 8.81. The molecule has 0 spiro atoms. The molecule has 20 heavy (non-hydrogen) atoms. The monoisotopic (exact) mass is 296 g/mol. The Morgan fingerprint density at radius 3 is 2.60 bits per heavy atom. The minimum atomic E-state index is 0.256. The number of likely N-dealkylation sites (N-methyl/N-ethyl adjacent to an activating group) is 1. The van der Waals surface area contributed by atoms with Crippen LogP contribution in [0.15, 0.2) is 17.5 Å². The van der Waals surface area contributed by atoms with Crippen molar-refractivity contribution in [1.82, 2.24) is 10.2 Å². The van der Waals surface area contributed by atoms with E-state index in [9.17, 15) is 0 Å².